The maximum atomic E-state index is 13.3. The number of alkyl halides is 3. The summed E-state index contributed by atoms with van der Waals surface area (Å²) in [6.45, 7) is 0.276. The lowest BCUT2D eigenvalue weighted by Crippen LogP contribution is -2.40. The number of rotatable bonds is 5. The number of carbonyl (C=O) groups excluding carboxylic acids is 1. The highest BCUT2D eigenvalue weighted by Crippen LogP contribution is 2.34. The maximum absolute atomic E-state index is 13.3. The predicted molar refractivity (Wildman–Crippen MR) is 94.6 cm³/mol. The van der Waals surface area contributed by atoms with Crippen LogP contribution in [0.5, 0.6) is 0 Å². The Morgan fingerprint density at radius 2 is 2.21 bits per heavy atom. The number of methoxy groups -OCH3 is 1. The van der Waals surface area contributed by atoms with Gasteiger partial charge in [0, 0.05) is 38.8 Å². The monoisotopic (exact) mass is 398 g/mol. The minimum absolute atomic E-state index is 0.00000253. The van der Waals surface area contributed by atoms with E-state index < -0.39 is 23.9 Å². The summed E-state index contributed by atoms with van der Waals surface area (Å²) >= 11 is 0. The Morgan fingerprint density at radius 1 is 1.43 bits per heavy atom. The second-order valence-corrected chi connectivity index (χ2v) is 6.48. The second-order valence-electron chi connectivity index (χ2n) is 6.48. The molecule has 3 rings (SSSR count). The van der Waals surface area contributed by atoms with Crippen LogP contribution in [0, 0.1) is 0 Å². The molecule has 2 atom stereocenters. The van der Waals surface area contributed by atoms with Crippen molar-refractivity contribution < 1.29 is 27.4 Å². The number of ether oxygens (including phenoxy) is 2. The number of halogens is 3. The summed E-state index contributed by atoms with van der Waals surface area (Å²) in [6.07, 6.45) is -0.987. The van der Waals surface area contributed by atoms with Crippen LogP contribution in [-0.2, 0) is 29.3 Å². The third kappa shape index (κ3) is 4.45. The zero-order valence-corrected chi connectivity index (χ0v) is 15.4. The number of nitrogens with zero attached hydrogens (tertiary/aromatic N) is 2. The van der Waals surface area contributed by atoms with Crippen molar-refractivity contribution in [2.24, 2.45) is 7.05 Å². The first-order chi connectivity index (χ1) is 13.3. The van der Waals surface area contributed by atoms with Crippen molar-refractivity contribution in [1.29, 1.82) is 0 Å². The molecule has 1 aliphatic heterocycles. The summed E-state index contributed by atoms with van der Waals surface area (Å²) in [6, 6.07) is 2.65. The molecule has 1 fully saturated rings. The lowest BCUT2D eigenvalue weighted by Gasteiger charge is -2.20. The van der Waals surface area contributed by atoms with E-state index >= 15 is 0 Å². The molecule has 2 amide bonds. The van der Waals surface area contributed by atoms with E-state index in [9.17, 15) is 18.0 Å². The third-order valence-electron chi connectivity index (χ3n) is 4.49. The van der Waals surface area contributed by atoms with Gasteiger partial charge in [0.1, 0.15) is 11.9 Å². The van der Waals surface area contributed by atoms with Crippen molar-refractivity contribution in [2.75, 3.05) is 19.0 Å². The molecular weight excluding hydrogens is 377 g/mol. The molecule has 1 aromatic carbocycles. The van der Waals surface area contributed by atoms with Gasteiger partial charge in [-0.1, -0.05) is 6.07 Å². The fourth-order valence-corrected chi connectivity index (χ4v) is 3.18. The number of benzene rings is 1. The van der Waals surface area contributed by atoms with E-state index in [0.717, 1.165) is 6.07 Å². The van der Waals surface area contributed by atoms with E-state index in [2.05, 4.69) is 15.6 Å². The molecule has 28 heavy (non-hydrogen) atoms. The Morgan fingerprint density at radius 3 is 2.86 bits per heavy atom. The van der Waals surface area contributed by atoms with Gasteiger partial charge in [-0.3, -0.25) is 0 Å². The standard InChI is InChI=1S/C18H21F3N4O3/c1-25-7-6-22-16(25)15-14(5-8-28-15)24-17(26)23-12-4-3-11(10-27-2)13(9-12)18(19,20)21/h3-4,6-7,9,14-15H,5,8,10H2,1-2H3,(H2,23,24,26)/t14-,15-/m1/s1. The summed E-state index contributed by atoms with van der Waals surface area (Å²) in [7, 11) is 3.14. The summed E-state index contributed by atoms with van der Waals surface area (Å²) in [5, 5.41) is 5.21. The molecule has 1 aromatic heterocycles. The molecule has 0 aliphatic carbocycles. The molecule has 0 saturated carbocycles. The number of hydrogen-bond acceptors (Lipinski definition) is 4. The zero-order chi connectivity index (χ0) is 20.3. The Hall–Kier alpha value is -2.59. The molecule has 1 aliphatic rings. The lowest BCUT2D eigenvalue weighted by molar-refractivity contribution is -0.138. The van der Waals surface area contributed by atoms with Gasteiger partial charge < -0.3 is 24.7 Å². The molecule has 0 radical (unpaired) electrons. The van der Waals surface area contributed by atoms with Crippen molar-refractivity contribution in [1.82, 2.24) is 14.9 Å². The van der Waals surface area contributed by atoms with E-state index in [0.29, 0.717) is 18.9 Å². The third-order valence-corrected chi connectivity index (χ3v) is 4.49. The fraction of sp³-hybridized carbons (Fsp3) is 0.444. The zero-order valence-electron chi connectivity index (χ0n) is 15.4. The van der Waals surface area contributed by atoms with Gasteiger partial charge >= 0.3 is 12.2 Å². The van der Waals surface area contributed by atoms with Gasteiger partial charge in [0.15, 0.2) is 0 Å². The van der Waals surface area contributed by atoms with Crippen molar-refractivity contribution >= 4 is 11.7 Å². The number of urea groups is 1. The van der Waals surface area contributed by atoms with Gasteiger partial charge in [-0.25, -0.2) is 9.78 Å². The van der Waals surface area contributed by atoms with Crippen LogP contribution in [0.1, 0.15) is 29.5 Å². The van der Waals surface area contributed by atoms with Crippen LogP contribution < -0.4 is 10.6 Å². The van der Waals surface area contributed by atoms with Gasteiger partial charge in [-0.05, 0) is 24.1 Å². The number of amides is 2. The molecule has 1 saturated heterocycles. The van der Waals surface area contributed by atoms with Crippen molar-refractivity contribution in [3.05, 3.63) is 47.5 Å². The number of nitrogens with one attached hydrogen (secondary N) is 2. The molecule has 7 nitrogen and oxygen atoms in total. The van der Waals surface area contributed by atoms with Crippen LogP contribution >= 0.6 is 0 Å². The largest absolute Gasteiger partial charge is 0.416 e. The average molecular weight is 398 g/mol. The number of aromatic nitrogens is 2. The molecule has 0 bridgehead atoms. The van der Waals surface area contributed by atoms with Crippen LogP contribution in [0.2, 0.25) is 0 Å². The van der Waals surface area contributed by atoms with Gasteiger partial charge in [0.2, 0.25) is 0 Å². The molecule has 0 spiro atoms. The van der Waals surface area contributed by atoms with Crippen molar-refractivity contribution in [3.8, 4) is 0 Å². The van der Waals surface area contributed by atoms with Crippen molar-refractivity contribution in [3.63, 3.8) is 0 Å². The summed E-state index contributed by atoms with van der Waals surface area (Å²) in [5.41, 5.74) is -0.806. The molecule has 152 valence electrons. The topological polar surface area (TPSA) is 77.4 Å². The minimum atomic E-state index is -4.55. The van der Waals surface area contributed by atoms with E-state index in [-0.39, 0.29) is 23.9 Å². The molecule has 10 heteroatoms. The first kappa shape index (κ1) is 20.2. The van der Waals surface area contributed by atoms with Crippen molar-refractivity contribution in [2.45, 2.75) is 31.3 Å². The Labute approximate surface area is 159 Å². The SMILES string of the molecule is COCc1ccc(NC(=O)N[C@@H]2CCO[C@H]2c2nccn2C)cc1C(F)(F)F. The minimum Gasteiger partial charge on any atom is -0.380 e. The van der Waals surface area contributed by atoms with Crippen LogP contribution in [0.15, 0.2) is 30.6 Å². The average Bonchev–Trinajstić information content (AvgIpc) is 3.23. The number of hydrogen-bond donors (Lipinski definition) is 2. The highest BCUT2D eigenvalue weighted by molar-refractivity contribution is 5.89. The first-order valence-corrected chi connectivity index (χ1v) is 8.65. The van der Waals surface area contributed by atoms with Gasteiger partial charge in [-0.15, -0.1) is 0 Å². The van der Waals surface area contributed by atoms with Gasteiger partial charge in [0.25, 0.3) is 0 Å². The van der Waals surface area contributed by atoms with Gasteiger partial charge in [-0.2, -0.15) is 13.2 Å². The number of anilines is 1. The number of imidazole rings is 1. The lowest BCUT2D eigenvalue weighted by atomic mass is 10.1. The Bertz CT molecular complexity index is 838. The Balaban J connectivity index is 1.70. The van der Waals surface area contributed by atoms with Crippen LogP contribution in [0.3, 0.4) is 0 Å². The van der Waals surface area contributed by atoms with Crippen LogP contribution in [0.25, 0.3) is 0 Å². The van der Waals surface area contributed by atoms with E-state index in [4.69, 9.17) is 9.47 Å². The molecule has 2 aromatic rings. The highest BCUT2D eigenvalue weighted by Gasteiger charge is 2.35. The van der Waals surface area contributed by atoms with Crippen LogP contribution in [-0.4, -0.2) is 35.3 Å². The highest BCUT2D eigenvalue weighted by atomic mass is 19.4. The predicted octanol–water partition coefficient (Wildman–Crippen LogP) is 3.24. The summed E-state index contributed by atoms with van der Waals surface area (Å²) in [5.74, 6) is 0.672. The Kier molecular flexibility index (Phi) is 5.90. The number of aryl methyl sites for hydroxylation is 1. The maximum Gasteiger partial charge on any atom is 0.416 e. The molecule has 0 unspecified atom stereocenters. The van der Waals surface area contributed by atoms with E-state index in [1.807, 2.05) is 7.05 Å². The molecule has 2 heterocycles. The smallest absolute Gasteiger partial charge is 0.380 e. The fourth-order valence-electron chi connectivity index (χ4n) is 3.18. The number of carbonyl (C=O) groups is 1. The van der Waals surface area contributed by atoms with E-state index in [1.165, 1.54) is 19.2 Å². The quantitative estimate of drug-likeness (QED) is 0.811. The normalized spacial score (nSPS) is 19.6. The summed E-state index contributed by atoms with van der Waals surface area (Å²) in [4.78, 5) is 16.6. The molecular formula is C18H21F3N4O3. The first-order valence-electron chi connectivity index (χ1n) is 8.65. The van der Waals surface area contributed by atoms with Gasteiger partial charge in [0.05, 0.1) is 18.2 Å². The summed E-state index contributed by atoms with van der Waals surface area (Å²) < 4.78 is 52.0. The second kappa shape index (κ2) is 8.19. The van der Waals surface area contributed by atoms with Crippen LogP contribution in [0.4, 0.5) is 23.7 Å². The van der Waals surface area contributed by atoms with E-state index in [1.54, 1.807) is 17.0 Å². The molecule has 2 N–H and O–H groups in total.